The zero-order valence-electron chi connectivity index (χ0n) is 11.3. The first-order chi connectivity index (χ1) is 7.52. The minimum absolute atomic E-state index is 0.0154. The van der Waals surface area contributed by atoms with Gasteiger partial charge in [0.15, 0.2) is 0 Å². The van der Waals surface area contributed by atoms with Gasteiger partial charge < -0.3 is 10.2 Å². The van der Waals surface area contributed by atoms with Gasteiger partial charge in [0.1, 0.15) is 0 Å². The van der Waals surface area contributed by atoms with Crippen LogP contribution in [-0.4, -0.2) is 21.8 Å². The van der Waals surface area contributed by atoms with Crippen LogP contribution >= 0.6 is 0 Å². The van der Waals surface area contributed by atoms with Crippen LogP contribution in [0.25, 0.3) is 0 Å². The maximum absolute atomic E-state index is 11.5. The van der Waals surface area contributed by atoms with Crippen molar-refractivity contribution in [3.63, 3.8) is 0 Å². The number of carboxylic acids is 1. The molecule has 0 atom stereocenters. The monoisotopic (exact) mass is 240 g/mol. The first-order valence-corrected chi connectivity index (χ1v) is 6.48. The lowest BCUT2D eigenvalue weighted by molar-refractivity contribution is -0.172. The highest BCUT2D eigenvalue weighted by molar-refractivity contribution is 5.79. The first-order valence-electron chi connectivity index (χ1n) is 6.48. The van der Waals surface area contributed by atoms with Crippen LogP contribution in [0.1, 0.15) is 59.8 Å². The number of rotatable bonds is 2. The van der Waals surface area contributed by atoms with E-state index in [2.05, 4.69) is 27.7 Å². The smallest absolute Gasteiger partial charge is 0.312 e. The van der Waals surface area contributed by atoms with E-state index in [-0.39, 0.29) is 10.8 Å². The Bertz CT molecular complexity index is 334. The second kappa shape index (κ2) is 3.25. The normalized spacial score (nSPS) is 31.8. The fourth-order valence-corrected chi connectivity index (χ4v) is 4.41. The van der Waals surface area contributed by atoms with Crippen molar-refractivity contribution in [3.8, 4) is 0 Å². The molecule has 2 aliphatic carbocycles. The molecular formula is C14H24O3. The average molecular weight is 240 g/mol. The highest BCUT2D eigenvalue weighted by atomic mass is 16.4. The molecule has 0 bridgehead atoms. The van der Waals surface area contributed by atoms with Crippen LogP contribution in [0.2, 0.25) is 0 Å². The summed E-state index contributed by atoms with van der Waals surface area (Å²) in [5, 5.41) is 20.3. The van der Waals surface area contributed by atoms with Crippen molar-refractivity contribution in [1.29, 1.82) is 0 Å². The van der Waals surface area contributed by atoms with Gasteiger partial charge in [-0.05, 0) is 42.9 Å². The Labute approximate surface area is 103 Å². The Morgan fingerprint density at radius 1 is 0.941 bits per heavy atom. The summed E-state index contributed by atoms with van der Waals surface area (Å²) in [5.74, 6) is -0.812. The molecule has 2 aliphatic rings. The molecule has 0 amide bonds. The van der Waals surface area contributed by atoms with E-state index in [4.69, 9.17) is 0 Å². The molecular weight excluding hydrogens is 216 g/mol. The summed E-state index contributed by atoms with van der Waals surface area (Å²) in [7, 11) is 0. The van der Waals surface area contributed by atoms with E-state index < -0.39 is 17.0 Å². The topological polar surface area (TPSA) is 57.5 Å². The maximum Gasteiger partial charge on any atom is 0.312 e. The van der Waals surface area contributed by atoms with Gasteiger partial charge in [0.25, 0.3) is 0 Å². The van der Waals surface area contributed by atoms with E-state index in [1.165, 1.54) is 0 Å². The Kier molecular flexibility index (Phi) is 2.46. The molecule has 3 heteroatoms. The predicted molar refractivity (Wildman–Crippen MR) is 65.7 cm³/mol. The first kappa shape index (κ1) is 12.9. The summed E-state index contributed by atoms with van der Waals surface area (Å²) in [5.41, 5.74) is -1.85. The van der Waals surface area contributed by atoms with Crippen molar-refractivity contribution < 1.29 is 15.0 Å². The van der Waals surface area contributed by atoms with Gasteiger partial charge in [0.2, 0.25) is 0 Å². The highest BCUT2D eigenvalue weighted by Gasteiger charge is 2.67. The van der Waals surface area contributed by atoms with Crippen LogP contribution in [-0.2, 0) is 4.79 Å². The lowest BCUT2D eigenvalue weighted by Gasteiger charge is -2.52. The van der Waals surface area contributed by atoms with E-state index in [0.717, 1.165) is 6.42 Å². The van der Waals surface area contributed by atoms with Crippen molar-refractivity contribution in [2.75, 3.05) is 0 Å². The van der Waals surface area contributed by atoms with Crippen LogP contribution < -0.4 is 0 Å². The van der Waals surface area contributed by atoms with Gasteiger partial charge in [-0.25, -0.2) is 0 Å². The third-order valence-electron chi connectivity index (χ3n) is 4.55. The fourth-order valence-electron chi connectivity index (χ4n) is 4.41. The van der Waals surface area contributed by atoms with Gasteiger partial charge >= 0.3 is 5.97 Å². The quantitative estimate of drug-likeness (QED) is 0.780. The molecule has 98 valence electrons. The van der Waals surface area contributed by atoms with E-state index in [9.17, 15) is 15.0 Å². The predicted octanol–water partition coefficient (Wildman–Crippen LogP) is 2.82. The zero-order chi connectivity index (χ0) is 13.1. The van der Waals surface area contributed by atoms with E-state index in [1.54, 1.807) is 0 Å². The van der Waals surface area contributed by atoms with Gasteiger partial charge in [-0.3, -0.25) is 4.79 Å². The summed E-state index contributed by atoms with van der Waals surface area (Å²) in [6, 6.07) is 0. The molecule has 0 radical (unpaired) electrons. The number of carbonyl (C=O) groups is 1. The molecule has 2 fully saturated rings. The van der Waals surface area contributed by atoms with Gasteiger partial charge in [0, 0.05) is 0 Å². The number of aliphatic carboxylic acids is 1. The molecule has 2 rings (SSSR count). The fraction of sp³-hybridized carbons (Fsp3) is 0.929. The van der Waals surface area contributed by atoms with Crippen LogP contribution in [0.15, 0.2) is 0 Å². The Morgan fingerprint density at radius 2 is 1.35 bits per heavy atom. The summed E-state index contributed by atoms with van der Waals surface area (Å²) in [4.78, 5) is 11.5. The van der Waals surface area contributed by atoms with E-state index in [0.29, 0.717) is 25.7 Å². The van der Waals surface area contributed by atoms with Gasteiger partial charge in [-0.2, -0.15) is 0 Å². The van der Waals surface area contributed by atoms with Crippen LogP contribution in [0.3, 0.4) is 0 Å². The SMILES string of the molecule is CC1(C)CC(C)(C)CC(O)(C2(C(=O)O)CC2)C1. The second-order valence-corrected chi connectivity index (χ2v) is 7.78. The number of hydrogen-bond acceptors (Lipinski definition) is 2. The lowest BCUT2D eigenvalue weighted by atomic mass is 9.56. The molecule has 0 aromatic heterocycles. The average Bonchev–Trinajstić information content (AvgIpc) is 2.73. The van der Waals surface area contributed by atoms with Crippen molar-refractivity contribution >= 4 is 5.97 Å². The highest BCUT2D eigenvalue weighted by Crippen LogP contribution is 2.64. The van der Waals surface area contributed by atoms with Crippen molar-refractivity contribution in [3.05, 3.63) is 0 Å². The van der Waals surface area contributed by atoms with Crippen molar-refractivity contribution in [1.82, 2.24) is 0 Å². The van der Waals surface area contributed by atoms with Gasteiger partial charge in [0.05, 0.1) is 11.0 Å². The summed E-state index contributed by atoms with van der Waals surface area (Å²) >= 11 is 0. The Balaban J connectivity index is 2.34. The van der Waals surface area contributed by atoms with Crippen LogP contribution in [0, 0.1) is 16.2 Å². The molecule has 2 saturated carbocycles. The molecule has 2 N–H and O–H groups in total. The van der Waals surface area contributed by atoms with E-state index in [1.807, 2.05) is 0 Å². The third-order valence-corrected chi connectivity index (χ3v) is 4.55. The molecule has 0 aliphatic heterocycles. The third kappa shape index (κ3) is 1.99. The lowest BCUT2D eigenvalue weighted by Crippen LogP contribution is -2.54. The summed E-state index contributed by atoms with van der Waals surface area (Å²) in [6.45, 7) is 8.54. The number of hydrogen-bond donors (Lipinski definition) is 2. The molecule has 17 heavy (non-hydrogen) atoms. The minimum Gasteiger partial charge on any atom is -0.481 e. The van der Waals surface area contributed by atoms with Crippen molar-refractivity contribution in [2.45, 2.75) is 65.4 Å². The van der Waals surface area contributed by atoms with Gasteiger partial charge in [-0.15, -0.1) is 0 Å². The minimum atomic E-state index is -1.02. The van der Waals surface area contributed by atoms with Crippen LogP contribution in [0.5, 0.6) is 0 Å². The summed E-state index contributed by atoms with van der Waals surface area (Å²) in [6.07, 6.45) is 3.51. The zero-order valence-corrected chi connectivity index (χ0v) is 11.3. The van der Waals surface area contributed by atoms with Gasteiger partial charge in [-0.1, -0.05) is 27.7 Å². The number of carboxylic acid groups (broad SMARTS) is 1. The van der Waals surface area contributed by atoms with Crippen molar-refractivity contribution in [2.24, 2.45) is 16.2 Å². The Hall–Kier alpha value is -0.570. The Morgan fingerprint density at radius 3 is 1.65 bits per heavy atom. The largest absolute Gasteiger partial charge is 0.481 e. The van der Waals surface area contributed by atoms with Crippen LogP contribution in [0.4, 0.5) is 0 Å². The maximum atomic E-state index is 11.5. The standard InChI is InChI=1S/C14H24O3/c1-11(2)7-12(3,4)9-14(17,8-11)13(5-6-13)10(15)16/h17H,5-9H2,1-4H3,(H,15,16). The molecule has 0 heterocycles. The second-order valence-electron chi connectivity index (χ2n) is 7.78. The molecule has 0 unspecified atom stereocenters. The molecule has 0 saturated heterocycles. The molecule has 0 spiro atoms. The summed E-state index contributed by atoms with van der Waals surface area (Å²) < 4.78 is 0. The molecule has 0 aromatic carbocycles. The van der Waals surface area contributed by atoms with E-state index >= 15 is 0 Å². The number of aliphatic hydroxyl groups is 1. The molecule has 3 nitrogen and oxygen atoms in total. The molecule has 0 aromatic rings.